The molecule has 7 heteroatoms. The Kier molecular flexibility index (Phi) is 3.11. The van der Waals surface area contributed by atoms with Gasteiger partial charge >= 0.3 is 5.97 Å². The van der Waals surface area contributed by atoms with E-state index < -0.39 is 5.97 Å². The summed E-state index contributed by atoms with van der Waals surface area (Å²) in [5, 5.41) is 12.5. The number of nitrogens with zero attached hydrogens (tertiary/aromatic N) is 4. The van der Waals surface area contributed by atoms with Gasteiger partial charge in [-0.25, -0.2) is 24.7 Å². The molecule has 0 bridgehead atoms. The number of nitrogens with one attached hydrogen (secondary N) is 1. The van der Waals surface area contributed by atoms with E-state index in [1.165, 1.54) is 0 Å². The molecule has 0 saturated heterocycles. The molecule has 2 N–H and O–H groups in total. The van der Waals surface area contributed by atoms with Crippen LogP contribution in [0.15, 0.2) is 12.3 Å². The minimum absolute atomic E-state index is 0.0720. The third kappa shape index (κ3) is 2.23. The predicted octanol–water partition coefficient (Wildman–Crippen LogP) is 0.586. The minimum Gasteiger partial charge on any atom is -0.476 e. The summed E-state index contributed by atoms with van der Waals surface area (Å²) in [5.41, 5.74) is 2.05. The number of carbonyl (C=O) groups is 1. The van der Waals surface area contributed by atoms with Crippen LogP contribution in [0.4, 0.5) is 0 Å². The van der Waals surface area contributed by atoms with Crippen molar-refractivity contribution < 1.29 is 9.90 Å². The summed E-state index contributed by atoms with van der Waals surface area (Å²) in [6.07, 6.45) is 2.24. The van der Waals surface area contributed by atoms with Crippen LogP contribution in [0.3, 0.4) is 0 Å². The highest BCUT2D eigenvalue weighted by molar-refractivity contribution is 5.88. The van der Waals surface area contributed by atoms with Crippen molar-refractivity contribution in [1.82, 2.24) is 25.3 Å². The average molecular weight is 271 g/mol. The largest absolute Gasteiger partial charge is 0.476 e. The molecule has 2 aromatic rings. The Balaban J connectivity index is 2.17. The zero-order valence-electron chi connectivity index (χ0n) is 10.9. The topological polar surface area (TPSA) is 101 Å². The number of aromatic nitrogens is 4. The van der Waals surface area contributed by atoms with Gasteiger partial charge in [-0.2, -0.15) is 0 Å². The van der Waals surface area contributed by atoms with Gasteiger partial charge in [-0.05, 0) is 26.0 Å². The van der Waals surface area contributed by atoms with Crippen molar-refractivity contribution in [3.8, 4) is 11.5 Å². The maximum atomic E-state index is 11.4. The van der Waals surface area contributed by atoms with Gasteiger partial charge in [0.1, 0.15) is 11.5 Å². The van der Waals surface area contributed by atoms with Crippen LogP contribution in [0.25, 0.3) is 11.5 Å². The van der Waals surface area contributed by atoms with Gasteiger partial charge in [-0.3, -0.25) is 0 Å². The molecule has 20 heavy (non-hydrogen) atoms. The molecular formula is C13H13N5O2. The Bertz CT molecular complexity index is 686. The zero-order valence-corrected chi connectivity index (χ0v) is 10.9. The molecule has 3 rings (SSSR count). The lowest BCUT2D eigenvalue weighted by molar-refractivity contribution is 0.0688. The lowest BCUT2D eigenvalue weighted by Crippen LogP contribution is -2.27. The first-order chi connectivity index (χ1) is 9.65. The number of aromatic carboxylic acids is 1. The predicted molar refractivity (Wildman–Crippen MR) is 70.2 cm³/mol. The number of fused-ring (bicyclic) bond motifs is 1. The lowest BCUT2D eigenvalue weighted by Gasteiger charge is -2.18. The first-order valence-corrected chi connectivity index (χ1v) is 6.29. The van der Waals surface area contributed by atoms with Crippen LogP contribution in [0, 0.1) is 6.92 Å². The molecule has 0 radical (unpaired) electrons. The second kappa shape index (κ2) is 4.93. The Morgan fingerprint density at radius 3 is 2.95 bits per heavy atom. The molecule has 1 aliphatic rings. The van der Waals surface area contributed by atoms with Crippen molar-refractivity contribution in [2.45, 2.75) is 19.9 Å². The molecule has 0 aliphatic carbocycles. The Morgan fingerprint density at radius 1 is 1.35 bits per heavy atom. The van der Waals surface area contributed by atoms with Gasteiger partial charge in [-0.1, -0.05) is 0 Å². The smallest absolute Gasteiger partial charge is 0.354 e. The zero-order chi connectivity index (χ0) is 14.1. The third-order valence-electron chi connectivity index (χ3n) is 3.14. The summed E-state index contributed by atoms with van der Waals surface area (Å²) in [4.78, 5) is 28.2. The summed E-state index contributed by atoms with van der Waals surface area (Å²) in [6, 6.07) is 1.68. The standard InChI is InChI=1S/C13H13N5O2/c1-7-15-5-3-9(16-7)12-17-10-6-14-4-2-8(10)11(18-12)13(19)20/h3,5,14H,2,4,6H2,1H3,(H,19,20). The number of aryl methyl sites for hydroxylation is 1. The number of rotatable bonds is 2. The molecule has 3 heterocycles. The van der Waals surface area contributed by atoms with Gasteiger partial charge in [0.25, 0.3) is 0 Å². The van der Waals surface area contributed by atoms with Gasteiger partial charge in [0.15, 0.2) is 11.5 Å². The van der Waals surface area contributed by atoms with Crippen molar-refractivity contribution >= 4 is 5.97 Å². The summed E-state index contributed by atoms with van der Waals surface area (Å²) >= 11 is 0. The summed E-state index contributed by atoms with van der Waals surface area (Å²) in [5.74, 6) is -0.105. The molecule has 0 unspecified atom stereocenters. The highest BCUT2D eigenvalue weighted by atomic mass is 16.4. The Morgan fingerprint density at radius 2 is 2.20 bits per heavy atom. The van der Waals surface area contributed by atoms with Crippen LogP contribution in [0.2, 0.25) is 0 Å². The first-order valence-electron chi connectivity index (χ1n) is 6.29. The highest BCUT2D eigenvalue weighted by Gasteiger charge is 2.22. The van der Waals surface area contributed by atoms with E-state index in [9.17, 15) is 9.90 Å². The second-order valence-corrected chi connectivity index (χ2v) is 4.54. The van der Waals surface area contributed by atoms with E-state index in [1.807, 2.05) is 0 Å². The quantitative estimate of drug-likeness (QED) is 0.824. The van der Waals surface area contributed by atoms with Gasteiger partial charge in [0.05, 0.1) is 5.69 Å². The first kappa shape index (κ1) is 12.6. The molecule has 0 amide bonds. The van der Waals surface area contributed by atoms with Crippen LogP contribution in [-0.2, 0) is 13.0 Å². The molecular weight excluding hydrogens is 258 g/mol. The van der Waals surface area contributed by atoms with E-state index in [0.717, 1.165) is 12.2 Å². The third-order valence-corrected chi connectivity index (χ3v) is 3.14. The van der Waals surface area contributed by atoms with E-state index in [4.69, 9.17) is 0 Å². The summed E-state index contributed by atoms with van der Waals surface area (Å²) < 4.78 is 0. The van der Waals surface area contributed by atoms with E-state index >= 15 is 0 Å². The summed E-state index contributed by atoms with van der Waals surface area (Å²) in [7, 11) is 0. The highest BCUT2D eigenvalue weighted by Crippen LogP contribution is 2.20. The maximum Gasteiger partial charge on any atom is 0.354 e. The van der Waals surface area contributed by atoms with E-state index in [2.05, 4.69) is 25.3 Å². The number of carboxylic acids is 1. The van der Waals surface area contributed by atoms with Crippen LogP contribution in [0.5, 0.6) is 0 Å². The second-order valence-electron chi connectivity index (χ2n) is 4.54. The van der Waals surface area contributed by atoms with Crippen molar-refractivity contribution in [3.63, 3.8) is 0 Å². The molecule has 102 valence electrons. The molecule has 1 aliphatic heterocycles. The van der Waals surface area contributed by atoms with E-state index in [1.54, 1.807) is 19.2 Å². The normalized spacial score (nSPS) is 13.8. The average Bonchev–Trinajstić information content (AvgIpc) is 2.46. The summed E-state index contributed by atoms with van der Waals surface area (Å²) in [6.45, 7) is 3.05. The van der Waals surface area contributed by atoms with Crippen LogP contribution in [-0.4, -0.2) is 37.6 Å². The molecule has 0 saturated carbocycles. The van der Waals surface area contributed by atoms with Gasteiger partial charge in [0.2, 0.25) is 0 Å². The van der Waals surface area contributed by atoms with Crippen molar-refractivity contribution in [2.24, 2.45) is 0 Å². The molecule has 0 aromatic carbocycles. The molecule has 0 fully saturated rings. The van der Waals surface area contributed by atoms with Crippen LogP contribution in [0.1, 0.15) is 27.6 Å². The molecule has 0 spiro atoms. The number of carboxylic acid groups (broad SMARTS) is 1. The van der Waals surface area contributed by atoms with Gasteiger partial charge in [0, 0.05) is 18.3 Å². The van der Waals surface area contributed by atoms with Crippen LogP contribution >= 0.6 is 0 Å². The molecule has 2 aromatic heterocycles. The number of hydrogen-bond donors (Lipinski definition) is 2. The van der Waals surface area contributed by atoms with E-state index in [-0.39, 0.29) is 5.69 Å². The van der Waals surface area contributed by atoms with Crippen molar-refractivity contribution in [3.05, 3.63) is 35.0 Å². The molecule has 7 nitrogen and oxygen atoms in total. The molecule has 0 atom stereocenters. The fourth-order valence-corrected chi connectivity index (χ4v) is 2.23. The Hall–Kier alpha value is -2.41. The monoisotopic (exact) mass is 271 g/mol. The Labute approximate surface area is 115 Å². The van der Waals surface area contributed by atoms with E-state index in [0.29, 0.717) is 35.9 Å². The van der Waals surface area contributed by atoms with Gasteiger partial charge < -0.3 is 10.4 Å². The van der Waals surface area contributed by atoms with Crippen molar-refractivity contribution in [1.29, 1.82) is 0 Å². The van der Waals surface area contributed by atoms with Gasteiger partial charge in [-0.15, -0.1) is 0 Å². The SMILES string of the molecule is Cc1nccc(-c2nc3c(c(C(=O)O)n2)CCNC3)n1. The fraction of sp³-hybridized carbons (Fsp3) is 0.308. The maximum absolute atomic E-state index is 11.4. The number of hydrogen-bond acceptors (Lipinski definition) is 6. The fourth-order valence-electron chi connectivity index (χ4n) is 2.23. The van der Waals surface area contributed by atoms with Crippen LogP contribution < -0.4 is 5.32 Å². The lowest BCUT2D eigenvalue weighted by atomic mass is 10.0. The minimum atomic E-state index is -1.03. The van der Waals surface area contributed by atoms with Crippen molar-refractivity contribution in [2.75, 3.05) is 6.54 Å².